The van der Waals surface area contributed by atoms with Crippen LogP contribution in [0.3, 0.4) is 0 Å². The van der Waals surface area contributed by atoms with Gasteiger partial charge < -0.3 is 4.74 Å². The number of carbonyl (C=O) groups excluding carboxylic acids is 1. The summed E-state index contributed by atoms with van der Waals surface area (Å²) < 4.78 is 34.1. The number of hydrogen-bond donors (Lipinski definition) is 1. The quantitative estimate of drug-likeness (QED) is 0.830. The number of carbonyl (C=O) groups is 1. The normalized spacial score (nSPS) is 11.5. The van der Waals surface area contributed by atoms with E-state index in [2.05, 4.69) is 9.82 Å². The molecule has 2 rings (SSSR count). The van der Waals surface area contributed by atoms with Gasteiger partial charge in [-0.25, -0.2) is 13.2 Å². The predicted molar refractivity (Wildman–Crippen MR) is 88.6 cm³/mol. The van der Waals surface area contributed by atoms with Crippen LogP contribution < -0.4 is 4.72 Å². The monoisotopic (exact) mass is 357 g/mol. The fourth-order valence-electron chi connectivity index (χ4n) is 2.24. The summed E-state index contributed by atoms with van der Waals surface area (Å²) in [4.78, 5) is 12.9. The number of esters is 1. The third kappa shape index (κ3) is 3.11. The van der Waals surface area contributed by atoms with Gasteiger partial charge in [-0.1, -0.05) is 0 Å². The second-order valence-electron chi connectivity index (χ2n) is 4.99. The Morgan fingerprint density at radius 1 is 1.39 bits per heavy atom. The summed E-state index contributed by atoms with van der Waals surface area (Å²) in [5.41, 5.74) is 1.50. The molecule has 0 bridgehead atoms. The van der Waals surface area contributed by atoms with E-state index in [0.717, 1.165) is 4.88 Å². The smallest absolute Gasteiger partial charge is 0.341 e. The zero-order valence-corrected chi connectivity index (χ0v) is 15.3. The van der Waals surface area contributed by atoms with Gasteiger partial charge in [0.05, 0.1) is 24.6 Å². The van der Waals surface area contributed by atoms with Gasteiger partial charge in [-0.05, 0) is 33.3 Å². The summed E-state index contributed by atoms with van der Waals surface area (Å²) in [6.07, 6.45) is 1.31. The summed E-state index contributed by atoms with van der Waals surface area (Å²) in [6, 6.07) is 0. The molecule has 2 aromatic heterocycles. The van der Waals surface area contributed by atoms with Crippen LogP contribution in [0.15, 0.2) is 11.1 Å². The number of aryl methyl sites for hydroxylation is 2. The van der Waals surface area contributed by atoms with Gasteiger partial charge in [0.15, 0.2) is 0 Å². The van der Waals surface area contributed by atoms with Crippen molar-refractivity contribution in [1.29, 1.82) is 0 Å². The van der Waals surface area contributed by atoms with Crippen LogP contribution in [0.4, 0.5) is 5.00 Å². The molecule has 0 aliphatic carbocycles. The summed E-state index contributed by atoms with van der Waals surface area (Å²) in [5, 5.41) is 4.31. The highest BCUT2D eigenvalue weighted by Gasteiger charge is 2.26. The molecule has 126 valence electrons. The molecule has 0 radical (unpaired) electrons. The van der Waals surface area contributed by atoms with Gasteiger partial charge >= 0.3 is 5.97 Å². The van der Waals surface area contributed by atoms with Crippen LogP contribution in [0, 0.1) is 20.8 Å². The second-order valence-corrected chi connectivity index (χ2v) is 7.87. The van der Waals surface area contributed by atoms with Crippen molar-refractivity contribution in [3.63, 3.8) is 0 Å². The molecular weight excluding hydrogens is 338 g/mol. The van der Waals surface area contributed by atoms with E-state index < -0.39 is 16.0 Å². The first kappa shape index (κ1) is 17.5. The molecule has 0 aromatic carbocycles. The molecule has 0 spiro atoms. The summed E-state index contributed by atoms with van der Waals surface area (Å²) >= 11 is 1.21. The van der Waals surface area contributed by atoms with Crippen molar-refractivity contribution in [2.45, 2.75) is 39.1 Å². The van der Waals surface area contributed by atoms with Crippen LogP contribution in [0.2, 0.25) is 0 Å². The Labute approximate surface area is 139 Å². The molecule has 0 aliphatic rings. The van der Waals surface area contributed by atoms with Crippen LogP contribution in [0.5, 0.6) is 0 Å². The number of nitrogens with one attached hydrogen (secondary N) is 1. The molecule has 0 amide bonds. The van der Waals surface area contributed by atoms with E-state index in [-0.39, 0.29) is 15.5 Å². The van der Waals surface area contributed by atoms with Crippen molar-refractivity contribution in [2.75, 3.05) is 11.8 Å². The standard InChI is InChI=1S/C14H19N3O4S2/c1-6-17-9(3)11(7-15-17)23(19,20)16-13-12(14(18)21-5)8(2)10(4)22-13/h7,16H,6H2,1-5H3. The topological polar surface area (TPSA) is 90.3 Å². The Hall–Kier alpha value is -1.87. The number of rotatable bonds is 5. The average molecular weight is 357 g/mol. The number of hydrogen-bond acceptors (Lipinski definition) is 6. The van der Waals surface area contributed by atoms with Crippen molar-refractivity contribution in [2.24, 2.45) is 0 Å². The van der Waals surface area contributed by atoms with E-state index in [1.807, 2.05) is 13.8 Å². The maximum atomic E-state index is 12.6. The number of methoxy groups -OCH3 is 1. The van der Waals surface area contributed by atoms with Gasteiger partial charge in [0, 0.05) is 11.4 Å². The molecule has 0 saturated heterocycles. The fraction of sp³-hybridized carbons (Fsp3) is 0.429. The van der Waals surface area contributed by atoms with E-state index in [0.29, 0.717) is 17.8 Å². The number of aromatic nitrogens is 2. The second kappa shape index (κ2) is 6.32. The van der Waals surface area contributed by atoms with Crippen LogP contribution >= 0.6 is 11.3 Å². The molecule has 0 aliphatic heterocycles. The lowest BCUT2D eigenvalue weighted by molar-refractivity contribution is 0.0601. The molecule has 1 N–H and O–H groups in total. The Morgan fingerprint density at radius 2 is 2.04 bits per heavy atom. The van der Waals surface area contributed by atoms with Gasteiger partial charge in [0.25, 0.3) is 10.0 Å². The van der Waals surface area contributed by atoms with E-state index in [9.17, 15) is 13.2 Å². The Bertz CT molecular complexity index is 850. The summed E-state index contributed by atoms with van der Waals surface area (Å²) in [6.45, 7) is 7.73. The van der Waals surface area contributed by atoms with E-state index in [1.54, 1.807) is 18.5 Å². The zero-order valence-electron chi connectivity index (χ0n) is 13.6. The zero-order chi connectivity index (χ0) is 17.4. The fourth-order valence-corrected chi connectivity index (χ4v) is 4.77. The summed E-state index contributed by atoms with van der Waals surface area (Å²) in [7, 11) is -2.57. The van der Waals surface area contributed by atoms with Crippen LogP contribution in [0.25, 0.3) is 0 Å². The van der Waals surface area contributed by atoms with Crippen LogP contribution in [-0.4, -0.2) is 31.3 Å². The Balaban J connectivity index is 2.47. The molecule has 2 aromatic rings. The van der Waals surface area contributed by atoms with Crippen molar-refractivity contribution >= 4 is 32.3 Å². The average Bonchev–Trinajstić information content (AvgIpc) is 2.99. The molecule has 7 nitrogen and oxygen atoms in total. The van der Waals surface area contributed by atoms with Crippen molar-refractivity contribution in [1.82, 2.24) is 9.78 Å². The highest BCUT2D eigenvalue weighted by atomic mass is 32.2. The number of anilines is 1. The summed E-state index contributed by atoms with van der Waals surface area (Å²) in [5.74, 6) is -0.564. The van der Waals surface area contributed by atoms with Crippen LogP contribution in [-0.2, 0) is 21.3 Å². The van der Waals surface area contributed by atoms with Crippen molar-refractivity contribution in [3.8, 4) is 0 Å². The van der Waals surface area contributed by atoms with Gasteiger partial charge in [0.1, 0.15) is 9.90 Å². The number of sulfonamides is 1. The minimum absolute atomic E-state index is 0.0962. The molecule has 0 saturated carbocycles. The number of ether oxygens (including phenoxy) is 1. The van der Waals surface area contributed by atoms with E-state index >= 15 is 0 Å². The molecule has 0 atom stereocenters. The Kier molecular flexibility index (Phi) is 4.81. The molecular formula is C14H19N3O4S2. The Morgan fingerprint density at radius 3 is 2.57 bits per heavy atom. The first-order valence-electron chi connectivity index (χ1n) is 6.96. The van der Waals surface area contributed by atoms with Crippen molar-refractivity contribution in [3.05, 3.63) is 27.9 Å². The third-order valence-corrected chi connectivity index (χ3v) is 6.35. The SMILES string of the molecule is CCn1ncc(S(=O)(=O)Nc2sc(C)c(C)c2C(=O)OC)c1C. The lowest BCUT2D eigenvalue weighted by Gasteiger charge is -2.08. The highest BCUT2D eigenvalue weighted by molar-refractivity contribution is 7.93. The molecule has 0 fully saturated rings. The van der Waals surface area contributed by atoms with Gasteiger partial charge in [-0.15, -0.1) is 11.3 Å². The maximum absolute atomic E-state index is 12.6. The van der Waals surface area contributed by atoms with Crippen LogP contribution in [0.1, 0.15) is 33.4 Å². The predicted octanol–water partition coefficient (Wildman–Crippen LogP) is 2.48. The number of thiophene rings is 1. The van der Waals surface area contributed by atoms with Gasteiger partial charge in [-0.2, -0.15) is 5.10 Å². The van der Waals surface area contributed by atoms with Crippen molar-refractivity contribution < 1.29 is 17.9 Å². The van der Waals surface area contributed by atoms with Gasteiger partial charge in [0.2, 0.25) is 0 Å². The lowest BCUT2D eigenvalue weighted by atomic mass is 10.2. The molecule has 23 heavy (non-hydrogen) atoms. The molecule has 9 heteroatoms. The van der Waals surface area contributed by atoms with E-state index in [1.165, 1.54) is 24.6 Å². The minimum atomic E-state index is -3.83. The maximum Gasteiger partial charge on any atom is 0.341 e. The third-order valence-electron chi connectivity index (χ3n) is 3.65. The first-order chi connectivity index (χ1) is 10.7. The molecule has 0 unspecified atom stereocenters. The highest BCUT2D eigenvalue weighted by Crippen LogP contribution is 2.34. The van der Waals surface area contributed by atoms with Gasteiger partial charge in [-0.3, -0.25) is 9.40 Å². The lowest BCUT2D eigenvalue weighted by Crippen LogP contribution is -2.16. The minimum Gasteiger partial charge on any atom is -0.465 e. The molecule has 2 heterocycles. The first-order valence-corrected chi connectivity index (χ1v) is 9.26. The number of nitrogens with zero attached hydrogens (tertiary/aromatic N) is 2. The van der Waals surface area contributed by atoms with E-state index in [4.69, 9.17) is 4.74 Å². The largest absolute Gasteiger partial charge is 0.465 e.